The van der Waals surface area contributed by atoms with Crippen molar-refractivity contribution in [2.45, 2.75) is 13.8 Å². The Morgan fingerprint density at radius 2 is 1.85 bits per heavy atom. The van der Waals surface area contributed by atoms with Crippen molar-refractivity contribution in [3.05, 3.63) is 98.3 Å². The van der Waals surface area contributed by atoms with E-state index in [4.69, 9.17) is 9.47 Å². The number of rotatable bonds is 5. The second-order valence-electron chi connectivity index (χ2n) is 7.53. The molecule has 0 unspecified atom stereocenters. The van der Waals surface area contributed by atoms with Gasteiger partial charge in [0.1, 0.15) is 0 Å². The van der Waals surface area contributed by atoms with Crippen LogP contribution in [-0.4, -0.2) is 22.0 Å². The van der Waals surface area contributed by atoms with Gasteiger partial charge in [0, 0.05) is 0 Å². The molecular formula is C26H20N2O4S. The molecule has 6 nitrogen and oxygen atoms in total. The van der Waals surface area contributed by atoms with Crippen LogP contribution in [0.4, 0.5) is 0 Å². The predicted molar refractivity (Wildman–Crippen MR) is 129 cm³/mol. The molecule has 2 aromatic heterocycles. The number of hydrogen-bond acceptors (Lipinski definition) is 6. The maximum atomic E-state index is 13.0. The summed E-state index contributed by atoms with van der Waals surface area (Å²) in [6.07, 6.45) is 1.80. The number of carbonyl (C=O) groups is 1. The van der Waals surface area contributed by atoms with Crippen molar-refractivity contribution >= 4 is 39.4 Å². The number of imidazole rings is 1. The van der Waals surface area contributed by atoms with Gasteiger partial charge in [0.25, 0.3) is 5.56 Å². The molecule has 0 spiro atoms. The van der Waals surface area contributed by atoms with E-state index in [1.54, 1.807) is 40.8 Å². The van der Waals surface area contributed by atoms with Crippen LogP contribution >= 0.6 is 11.3 Å². The Morgan fingerprint density at radius 3 is 2.64 bits per heavy atom. The number of benzene rings is 3. The van der Waals surface area contributed by atoms with Crippen molar-refractivity contribution in [2.75, 3.05) is 6.61 Å². The van der Waals surface area contributed by atoms with Crippen LogP contribution in [0.15, 0.2) is 71.5 Å². The van der Waals surface area contributed by atoms with Gasteiger partial charge in [0.2, 0.25) is 0 Å². The van der Waals surface area contributed by atoms with Crippen molar-refractivity contribution in [3.63, 3.8) is 0 Å². The molecule has 0 atom stereocenters. The Kier molecular flexibility index (Phi) is 5.40. The van der Waals surface area contributed by atoms with E-state index < -0.39 is 5.97 Å². The second kappa shape index (κ2) is 8.52. The lowest BCUT2D eigenvalue weighted by atomic mass is 10.1. The van der Waals surface area contributed by atoms with E-state index in [-0.39, 0.29) is 5.56 Å². The highest BCUT2D eigenvalue weighted by Gasteiger charge is 2.14. The number of thiazole rings is 1. The summed E-state index contributed by atoms with van der Waals surface area (Å²) >= 11 is 1.33. The van der Waals surface area contributed by atoms with Crippen LogP contribution in [-0.2, 0) is 0 Å². The summed E-state index contributed by atoms with van der Waals surface area (Å²) in [4.78, 5) is 30.8. The second-order valence-corrected chi connectivity index (χ2v) is 8.54. The van der Waals surface area contributed by atoms with Crippen molar-refractivity contribution in [1.29, 1.82) is 0 Å². The summed E-state index contributed by atoms with van der Waals surface area (Å²) < 4.78 is 13.5. The highest BCUT2D eigenvalue weighted by molar-refractivity contribution is 7.15. The number of nitrogens with zero attached hydrogens (tertiary/aromatic N) is 2. The monoisotopic (exact) mass is 456 g/mol. The zero-order valence-electron chi connectivity index (χ0n) is 18.1. The molecule has 5 rings (SSSR count). The molecule has 2 heterocycles. The first kappa shape index (κ1) is 20.9. The largest absolute Gasteiger partial charge is 0.490 e. The number of hydrogen-bond donors (Lipinski definition) is 0. The molecule has 0 bridgehead atoms. The highest BCUT2D eigenvalue weighted by atomic mass is 32.1. The van der Waals surface area contributed by atoms with E-state index in [0.29, 0.717) is 33.2 Å². The first-order chi connectivity index (χ1) is 16.0. The minimum atomic E-state index is -0.458. The summed E-state index contributed by atoms with van der Waals surface area (Å²) in [5, 5.41) is 0. The van der Waals surface area contributed by atoms with Crippen molar-refractivity contribution in [3.8, 4) is 11.5 Å². The molecule has 0 radical (unpaired) electrons. The van der Waals surface area contributed by atoms with Gasteiger partial charge in [0.05, 0.1) is 27.7 Å². The van der Waals surface area contributed by atoms with Crippen LogP contribution in [0, 0.1) is 6.92 Å². The first-order valence-corrected chi connectivity index (χ1v) is 11.3. The molecule has 0 aliphatic carbocycles. The molecule has 33 heavy (non-hydrogen) atoms. The third-order valence-electron chi connectivity index (χ3n) is 5.20. The SMILES string of the molecule is CCOc1cc(C=c2sc3nc4ccccc4n3c2=O)ccc1OC(=O)c1ccc(C)cc1. The number of aryl methyl sites for hydroxylation is 1. The minimum Gasteiger partial charge on any atom is -0.490 e. The molecule has 0 amide bonds. The van der Waals surface area contributed by atoms with E-state index in [1.165, 1.54) is 11.3 Å². The summed E-state index contributed by atoms with van der Waals surface area (Å²) in [6, 6.07) is 20.0. The van der Waals surface area contributed by atoms with Crippen LogP contribution in [0.2, 0.25) is 0 Å². The van der Waals surface area contributed by atoms with Crippen LogP contribution in [0.1, 0.15) is 28.4 Å². The summed E-state index contributed by atoms with van der Waals surface area (Å²) in [6.45, 7) is 4.22. The van der Waals surface area contributed by atoms with Crippen LogP contribution in [0.25, 0.3) is 22.1 Å². The van der Waals surface area contributed by atoms with Gasteiger partial charge in [-0.25, -0.2) is 14.2 Å². The van der Waals surface area contributed by atoms with E-state index >= 15 is 0 Å². The van der Waals surface area contributed by atoms with Gasteiger partial charge in [-0.05, 0) is 61.9 Å². The van der Waals surface area contributed by atoms with E-state index in [1.807, 2.05) is 50.2 Å². The third kappa shape index (κ3) is 3.99. The van der Waals surface area contributed by atoms with Crippen LogP contribution < -0.4 is 19.6 Å². The average molecular weight is 457 g/mol. The fourth-order valence-corrected chi connectivity index (χ4v) is 4.57. The quantitative estimate of drug-likeness (QED) is 0.290. The Labute approximate surface area is 193 Å². The fourth-order valence-electron chi connectivity index (χ4n) is 3.58. The molecule has 0 saturated carbocycles. The molecular weight excluding hydrogens is 436 g/mol. The zero-order chi connectivity index (χ0) is 22.9. The Balaban J connectivity index is 1.50. The molecule has 0 aliphatic rings. The van der Waals surface area contributed by atoms with Gasteiger partial charge in [-0.2, -0.15) is 0 Å². The molecule has 0 N–H and O–H groups in total. The van der Waals surface area contributed by atoms with Crippen molar-refractivity contribution in [1.82, 2.24) is 9.38 Å². The Hall–Kier alpha value is -3.97. The Morgan fingerprint density at radius 1 is 1.06 bits per heavy atom. The fraction of sp³-hybridized carbons (Fsp3) is 0.115. The molecule has 0 saturated heterocycles. The topological polar surface area (TPSA) is 69.9 Å². The van der Waals surface area contributed by atoms with E-state index in [9.17, 15) is 9.59 Å². The van der Waals surface area contributed by atoms with E-state index in [0.717, 1.165) is 22.2 Å². The van der Waals surface area contributed by atoms with Crippen molar-refractivity contribution in [2.24, 2.45) is 0 Å². The lowest BCUT2D eigenvalue weighted by Gasteiger charge is -2.11. The average Bonchev–Trinajstić information content (AvgIpc) is 3.32. The lowest BCUT2D eigenvalue weighted by Crippen LogP contribution is -2.22. The molecule has 0 aliphatic heterocycles. The number of ether oxygens (including phenoxy) is 2. The lowest BCUT2D eigenvalue weighted by molar-refractivity contribution is 0.0728. The van der Waals surface area contributed by atoms with Gasteiger partial charge < -0.3 is 9.47 Å². The van der Waals surface area contributed by atoms with Crippen LogP contribution in [0.3, 0.4) is 0 Å². The maximum absolute atomic E-state index is 13.0. The number of fused-ring (bicyclic) bond motifs is 3. The standard InChI is InChI=1S/C26H20N2O4S/c1-3-31-22-14-17(10-13-21(22)32-25(30)18-11-8-16(2)9-12-18)15-23-24(29)28-20-7-5-4-6-19(20)27-26(28)33-23/h4-15H,3H2,1-2H3. The summed E-state index contributed by atoms with van der Waals surface area (Å²) in [7, 11) is 0. The summed E-state index contributed by atoms with van der Waals surface area (Å²) in [5.41, 5.74) is 3.76. The Bertz CT molecular complexity index is 1600. The normalized spacial score (nSPS) is 11.9. The van der Waals surface area contributed by atoms with Crippen molar-refractivity contribution < 1.29 is 14.3 Å². The minimum absolute atomic E-state index is 0.114. The molecule has 3 aromatic carbocycles. The number of aromatic nitrogens is 2. The third-order valence-corrected chi connectivity index (χ3v) is 6.17. The van der Waals surface area contributed by atoms with Gasteiger partial charge in [0.15, 0.2) is 16.5 Å². The van der Waals surface area contributed by atoms with E-state index in [2.05, 4.69) is 4.98 Å². The van der Waals surface area contributed by atoms with Gasteiger partial charge >= 0.3 is 5.97 Å². The molecule has 164 valence electrons. The first-order valence-electron chi connectivity index (χ1n) is 10.5. The molecule has 7 heteroatoms. The predicted octanol–water partition coefficient (Wildman–Crippen LogP) is 4.38. The summed E-state index contributed by atoms with van der Waals surface area (Å²) in [5.74, 6) is 0.306. The molecule has 0 fully saturated rings. The highest BCUT2D eigenvalue weighted by Crippen LogP contribution is 2.29. The molecule has 5 aromatic rings. The maximum Gasteiger partial charge on any atom is 0.343 e. The zero-order valence-corrected chi connectivity index (χ0v) is 18.9. The van der Waals surface area contributed by atoms with Gasteiger partial charge in [-0.15, -0.1) is 0 Å². The number of esters is 1. The van der Waals surface area contributed by atoms with Crippen LogP contribution in [0.5, 0.6) is 11.5 Å². The number of carbonyl (C=O) groups excluding carboxylic acids is 1. The smallest absolute Gasteiger partial charge is 0.343 e. The number of para-hydroxylation sites is 2. The van der Waals surface area contributed by atoms with Gasteiger partial charge in [-0.3, -0.25) is 4.79 Å². The van der Waals surface area contributed by atoms with Gasteiger partial charge in [-0.1, -0.05) is 47.2 Å².